The maximum atomic E-state index is 4.36. The third kappa shape index (κ3) is 2.73. The summed E-state index contributed by atoms with van der Waals surface area (Å²) in [5, 5.41) is 3.41. The van der Waals surface area contributed by atoms with E-state index in [9.17, 15) is 0 Å². The van der Waals surface area contributed by atoms with Crippen LogP contribution in [0.15, 0.2) is 18.6 Å². The fraction of sp³-hybridized carbons (Fsp3) is 0.636. The fourth-order valence-electron chi connectivity index (χ4n) is 1.97. The molecule has 1 aliphatic rings. The lowest BCUT2D eigenvalue weighted by molar-refractivity contribution is 0.221. The molecule has 1 aliphatic heterocycles. The van der Waals surface area contributed by atoms with Gasteiger partial charge in [0.1, 0.15) is 0 Å². The molecular weight excluding hydrogens is 188 g/mol. The van der Waals surface area contributed by atoms with Gasteiger partial charge in [-0.15, -0.1) is 0 Å². The van der Waals surface area contributed by atoms with Gasteiger partial charge in [0, 0.05) is 38.2 Å². The first-order valence-electron chi connectivity index (χ1n) is 5.58. The molecule has 1 atom stereocenters. The van der Waals surface area contributed by atoms with Crippen molar-refractivity contribution in [2.45, 2.75) is 19.4 Å². The van der Waals surface area contributed by atoms with Crippen LogP contribution >= 0.6 is 0 Å². The molecule has 0 spiro atoms. The predicted molar refractivity (Wildman–Crippen MR) is 59.5 cm³/mol. The first kappa shape index (κ1) is 10.5. The summed E-state index contributed by atoms with van der Waals surface area (Å²) < 4.78 is 0. The van der Waals surface area contributed by atoms with Gasteiger partial charge >= 0.3 is 0 Å². The zero-order chi connectivity index (χ0) is 10.5. The van der Waals surface area contributed by atoms with Gasteiger partial charge in [0.2, 0.25) is 0 Å². The minimum Gasteiger partial charge on any atom is -0.315 e. The van der Waals surface area contributed by atoms with Gasteiger partial charge in [-0.05, 0) is 19.9 Å². The highest BCUT2D eigenvalue weighted by molar-refractivity contribution is 5.01. The van der Waals surface area contributed by atoms with E-state index in [1.54, 1.807) is 12.4 Å². The van der Waals surface area contributed by atoms with E-state index in [1.807, 2.05) is 6.20 Å². The zero-order valence-corrected chi connectivity index (χ0v) is 9.19. The number of aromatic nitrogens is 2. The zero-order valence-electron chi connectivity index (χ0n) is 9.19. The summed E-state index contributed by atoms with van der Waals surface area (Å²) in [6.45, 7) is 6.64. The highest BCUT2D eigenvalue weighted by atomic mass is 15.2. The van der Waals surface area contributed by atoms with E-state index in [-0.39, 0.29) is 0 Å². The van der Waals surface area contributed by atoms with Crippen LogP contribution in [0.4, 0.5) is 0 Å². The van der Waals surface area contributed by atoms with Crippen molar-refractivity contribution in [3.05, 3.63) is 24.3 Å². The molecule has 2 rings (SSSR count). The monoisotopic (exact) mass is 206 g/mol. The Balaban J connectivity index is 2.03. The summed E-state index contributed by atoms with van der Waals surface area (Å²) in [4.78, 5) is 10.9. The SMILES string of the molecule is C[C@@H](c1cnccn1)N1CCCNCC1. The molecule has 15 heavy (non-hydrogen) atoms. The standard InChI is InChI=1S/C11H18N4/c1-10(11-9-13-4-5-14-11)15-7-2-3-12-6-8-15/h4-5,9-10,12H,2-3,6-8H2,1H3/t10-/m0/s1. The highest BCUT2D eigenvalue weighted by Gasteiger charge is 2.17. The number of nitrogens with one attached hydrogen (secondary N) is 1. The lowest BCUT2D eigenvalue weighted by atomic mass is 10.2. The maximum absolute atomic E-state index is 4.36. The highest BCUT2D eigenvalue weighted by Crippen LogP contribution is 2.17. The molecule has 4 heteroatoms. The van der Waals surface area contributed by atoms with Gasteiger partial charge in [-0.1, -0.05) is 0 Å². The Morgan fingerprint density at radius 3 is 3.07 bits per heavy atom. The molecular formula is C11H18N4. The van der Waals surface area contributed by atoms with Crippen LogP contribution in [0.2, 0.25) is 0 Å². The van der Waals surface area contributed by atoms with E-state index in [0.29, 0.717) is 6.04 Å². The molecule has 1 aromatic heterocycles. The third-order valence-electron chi connectivity index (χ3n) is 2.93. The van der Waals surface area contributed by atoms with Crippen molar-refractivity contribution in [3.63, 3.8) is 0 Å². The number of hydrogen-bond acceptors (Lipinski definition) is 4. The molecule has 0 aliphatic carbocycles. The van der Waals surface area contributed by atoms with E-state index in [4.69, 9.17) is 0 Å². The van der Waals surface area contributed by atoms with Gasteiger partial charge in [0.05, 0.1) is 11.7 Å². The van der Waals surface area contributed by atoms with Gasteiger partial charge in [-0.2, -0.15) is 0 Å². The summed E-state index contributed by atoms with van der Waals surface area (Å²) in [6.07, 6.45) is 6.57. The van der Waals surface area contributed by atoms with Crippen LogP contribution in [0.1, 0.15) is 25.1 Å². The van der Waals surface area contributed by atoms with Gasteiger partial charge in [-0.3, -0.25) is 14.9 Å². The van der Waals surface area contributed by atoms with E-state index in [1.165, 1.54) is 6.42 Å². The van der Waals surface area contributed by atoms with Crippen LogP contribution < -0.4 is 5.32 Å². The van der Waals surface area contributed by atoms with Crippen molar-refractivity contribution in [1.29, 1.82) is 0 Å². The second kappa shape index (κ2) is 5.19. The van der Waals surface area contributed by atoms with Crippen LogP contribution in [0.25, 0.3) is 0 Å². The Labute approximate surface area is 90.7 Å². The quantitative estimate of drug-likeness (QED) is 0.778. The average molecular weight is 206 g/mol. The summed E-state index contributed by atoms with van der Waals surface area (Å²) in [5.41, 5.74) is 1.07. The van der Waals surface area contributed by atoms with Crippen LogP contribution in [0, 0.1) is 0 Å². The smallest absolute Gasteiger partial charge is 0.0755 e. The Morgan fingerprint density at radius 2 is 2.27 bits per heavy atom. The summed E-state index contributed by atoms with van der Waals surface area (Å²) in [6, 6.07) is 0.374. The number of hydrogen-bond donors (Lipinski definition) is 1. The average Bonchev–Trinajstić information content (AvgIpc) is 2.58. The molecule has 0 radical (unpaired) electrons. The van der Waals surface area contributed by atoms with Crippen LogP contribution in [-0.2, 0) is 0 Å². The Morgan fingerprint density at radius 1 is 1.33 bits per heavy atom. The van der Waals surface area contributed by atoms with Gasteiger partial charge in [0.15, 0.2) is 0 Å². The summed E-state index contributed by atoms with van der Waals surface area (Å²) in [7, 11) is 0. The van der Waals surface area contributed by atoms with Gasteiger partial charge < -0.3 is 5.32 Å². The van der Waals surface area contributed by atoms with Crippen LogP contribution in [0.5, 0.6) is 0 Å². The van der Waals surface area contributed by atoms with Crippen LogP contribution in [0.3, 0.4) is 0 Å². The molecule has 0 unspecified atom stereocenters. The molecule has 0 amide bonds. The Bertz CT molecular complexity index is 280. The van der Waals surface area contributed by atoms with Crippen molar-refractivity contribution < 1.29 is 0 Å². The molecule has 2 heterocycles. The molecule has 1 saturated heterocycles. The lowest BCUT2D eigenvalue weighted by Gasteiger charge is -2.26. The summed E-state index contributed by atoms with van der Waals surface area (Å²) >= 11 is 0. The van der Waals surface area contributed by atoms with Crippen molar-refractivity contribution in [2.75, 3.05) is 26.2 Å². The first-order valence-corrected chi connectivity index (χ1v) is 5.58. The van der Waals surface area contributed by atoms with Crippen molar-refractivity contribution in [2.24, 2.45) is 0 Å². The van der Waals surface area contributed by atoms with Crippen molar-refractivity contribution in [3.8, 4) is 0 Å². The largest absolute Gasteiger partial charge is 0.315 e. The predicted octanol–water partition coefficient (Wildman–Crippen LogP) is 0.833. The lowest BCUT2D eigenvalue weighted by Crippen LogP contribution is -2.31. The Hall–Kier alpha value is -1.00. The molecule has 1 N–H and O–H groups in total. The normalized spacial score (nSPS) is 20.9. The first-order chi connectivity index (χ1) is 7.38. The molecule has 1 fully saturated rings. The summed E-state index contributed by atoms with van der Waals surface area (Å²) in [5.74, 6) is 0. The number of rotatable bonds is 2. The van der Waals surface area contributed by atoms with E-state index < -0.39 is 0 Å². The minimum atomic E-state index is 0.374. The number of nitrogens with zero attached hydrogens (tertiary/aromatic N) is 3. The maximum Gasteiger partial charge on any atom is 0.0755 e. The second-order valence-corrected chi connectivity index (χ2v) is 3.95. The molecule has 0 aromatic carbocycles. The van der Waals surface area contributed by atoms with Crippen LogP contribution in [-0.4, -0.2) is 41.0 Å². The molecule has 0 bridgehead atoms. The fourth-order valence-corrected chi connectivity index (χ4v) is 1.97. The Kier molecular flexibility index (Phi) is 3.64. The third-order valence-corrected chi connectivity index (χ3v) is 2.93. The van der Waals surface area contributed by atoms with Crippen molar-refractivity contribution >= 4 is 0 Å². The van der Waals surface area contributed by atoms with E-state index >= 15 is 0 Å². The molecule has 1 aromatic rings. The van der Waals surface area contributed by atoms with Gasteiger partial charge in [0.25, 0.3) is 0 Å². The van der Waals surface area contributed by atoms with Gasteiger partial charge in [-0.25, -0.2) is 0 Å². The van der Waals surface area contributed by atoms with E-state index in [2.05, 4.69) is 27.1 Å². The molecule has 4 nitrogen and oxygen atoms in total. The van der Waals surface area contributed by atoms with Crippen molar-refractivity contribution in [1.82, 2.24) is 20.2 Å². The minimum absolute atomic E-state index is 0.374. The topological polar surface area (TPSA) is 41.1 Å². The second-order valence-electron chi connectivity index (χ2n) is 3.95. The molecule has 82 valence electrons. The molecule has 0 saturated carbocycles. The van der Waals surface area contributed by atoms with E-state index in [0.717, 1.165) is 31.9 Å².